The Morgan fingerprint density at radius 2 is 1.83 bits per heavy atom. The first kappa shape index (κ1) is 22.2. The number of rotatable bonds is 8. The molecule has 1 saturated heterocycles. The maximum atomic E-state index is 12.9. The number of aryl methyl sites for hydroxylation is 2. The Kier molecular flexibility index (Phi) is 7.64. The van der Waals surface area contributed by atoms with Gasteiger partial charge in [0, 0.05) is 58.5 Å². The smallest absolute Gasteiger partial charge is 0.282 e. The van der Waals surface area contributed by atoms with Gasteiger partial charge >= 0.3 is 0 Å². The van der Waals surface area contributed by atoms with Gasteiger partial charge in [-0.3, -0.25) is 4.79 Å². The van der Waals surface area contributed by atoms with Gasteiger partial charge in [-0.05, 0) is 19.3 Å². The minimum atomic E-state index is -3.47. The summed E-state index contributed by atoms with van der Waals surface area (Å²) < 4.78 is 34.1. The molecule has 1 amide bonds. The molecule has 1 aliphatic carbocycles. The number of carbonyl (C=O) groups excluding carboxylic acids is 1. The van der Waals surface area contributed by atoms with E-state index in [4.69, 9.17) is 4.52 Å². The average Bonchev–Trinajstić information content (AvgIpc) is 3.20. The molecule has 1 saturated carbocycles. The lowest BCUT2D eigenvalue weighted by atomic mass is 9.96. The maximum absolute atomic E-state index is 12.9. The van der Waals surface area contributed by atoms with Crippen molar-refractivity contribution in [1.29, 1.82) is 0 Å². The highest BCUT2D eigenvalue weighted by Crippen LogP contribution is 2.25. The summed E-state index contributed by atoms with van der Waals surface area (Å²) in [5.74, 6) is 1.16. The van der Waals surface area contributed by atoms with Crippen molar-refractivity contribution in [3.05, 3.63) is 11.7 Å². The number of amides is 1. The summed E-state index contributed by atoms with van der Waals surface area (Å²) in [6.07, 6.45) is 7.66. The first-order valence-electron chi connectivity index (χ1n) is 10.7. The Bertz CT molecular complexity index is 767. The second kappa shape index (κ2) is 9.99. The first-order chi connectivity index (χ1) is 13.9. The van der Waals surface area contributed by atoms with Gasteiger partial charge in [-0.1, -0.05) is 31.3 Å². The summed E-state index contributed by atoms with van der Waals surface area (Å²) >= 11 is 0. The standard InChI is InChI=1S/C19H33N5O4S/c1-3-7-17-20-18(28-21-17)10-11-19(25)23-12-14-24(15-13-23)29(26,27)22(2)16-8-5-4-6-9-16/h16H,3-15H2,1-2H3. The molecule has 2 heterocycles. The Morgan fingerprint density at radius 1 is 1.14 bits per heavy atom. The van der Waals surface area contributed by atoms with Crippen LogP contribution in [0.5, 0.6) is 0 Å². The molecule has 10 heteroatoms. The van der Waals surface area contributed by atoms with Crippen molar-refractivity contribution in [3.63, 3.8) is 0 Å². The van der Waals surface area contributed by atoms with Crippen LogP contribution in [-0.4, -0.2) is 77.2 Å². The fraction of sp³-hybridized carbons (Fsp3) is 0.842. The SMILES string of the molecule is CCCc1noc(CCC(=O)N2CCN(S(=O)(=O)N(C)C3CCCCC3)CC2)n1. The van der Waals surface area contributed by atoms with Crippen LogP contribution in [0, 0.1) is 0 Å². The highest BCUT2D eigenvalue weighted by atomic mass is 32.2. The molecule has 0 aromatic carbocycles. The van der Waals surface area contributed by atoms with Crippen molar-refractivity contribution in [1.82, 2.24) is 23.7 Å². The Balaban J connectivity index is 1.46. The first-order valence-corrected chi connectivity index (χ1v) is 12.1. The topological polar surface area (TPSA) is 99.8 Å². The maximum Gasteiger partial charge on any atom is 0.282 e. The fourth-order valence-corrected chi connectivity index (χ4v) is 5.65. The van der Waals surface area contributed by atoms with E-state index >= 15 is 0 Å². The fourth-order valence-electron chi connectivity index (χ4n) is 4.07. The van der Waals surface area contributed by atoms with Crippen LogP contribution in [0.4, 0.5) is 0 Å². The minimum absolute atomic E-state index is 0.00192. The molecule has 0 unspecified atom stereocenters. The number of hydrogen-bond donors (Lipinski definition) is 0. The summed E-state index contributed by atoms with van der Waals surface area (Å²) in [5.41, 5.74) is 0. The van der Waals surface area contributed by atoms with Gasteiger partial charge in [0.2, 0.25) is 11.8 Å². The Labute approximate surface area is 173 Å². The van der Waals surface area contributed by atoms with E-state index in [9.17, 15) is 13.2 Å². The van der Waals surface area contributed by atoms with Gasteiger partial charge in [-0.25, -0.2) is 0 Å². The molecule has 1 aromatic heterocycles. The molecule has 164 valence electrons. The number of piperazine rings is 1. The molecule has 0 spiro atoms. The summed E-state index contributed by atoms with van der Waals surface area (Å²) in [7, 11) is -1.78. The van der Waals surface area contributed by atoms with E-state index in [1.165, 1.54) is 10.7 Å². The van der Waals surface area contributed by atoms with Crippen LogP contribution >= 0.6 is 0 Å². The molecule has 0 atom stereocenters. The highest BCUT2D eigenvalue weighted by Gasteiger charge is 2.35. The second-order valence-corrected chi connectivity index (χ2v) is 9.94. The van der Waals surface area contributed by atoms with Crippen LogP contribution in [0.2, 0.25) is 0 Å². The van der Waals surface area contributed by atoms with E-state index in [0.29, 0.717) is 50.7 Å². The Hall–Kier alpha value is -1.52. The van der Waals surface area contributed by atoms with Gasteiger partial charge in [-0.15, -0.1) is 0 Å². The van der Waals surface area contributed by atoms with Gasteiger partial charge in [0.15, 0.2) is 5.82 Å². The van der Waals surface area contributed by atoms with E-state index < -0.39 is 10.2 Å². The molecular weight excluding hydrogens is 394 g/mol. The van der Waals surface area contributed by atoms with E-state index in [1.807, 2.05) is 6.92 Å². The van der Waals surface area contributed by atoms with Crippen molar-refractivity contribution < 1.29 is 17.7 Å². The third kappa shape index (κ3) is 5.55. The van der Waals surface area contributed by atoms with E-state index in [-0.39, 0.29) is 11.9 Å². The summed E-state index contributed by atoms with van der Waals surface area (Å²) in [5, 5.41) is 3.90. The third-order valence-electron chi connectivity index (χ3n) is 5.91. The van der Waals surface area contributed by atoms with Gasteiger partial charge in [-0.2, -0.15) is 22.0 Å². The van der Waals surface area contributed by atoms with Gasteiger partial charge in [0.25, 0.3) is 10.2 Å². The number of hydrogen-bond acceptors (Lipinski definition) is 6. The predicted octanol–water partition coefficient (Wildman–Crippen LogP) is 1.61. The minimum Gasteiger partial charge on any atom is -0.340 e. The van der Waals surface area contributed by atoms with Crippen LogP contribution in [0.1, 0.15) is 63.6 Å². The normalized spacial score (nSPS) is 19.8. The predicted molar refractivity (Wildman–Crippen MR) is 108 cm³/mol. The van der Waals surface area contributed by atoms with Gasteiger partial charge in [0.05, 0.1) is 0 Å². The molecule has 29 heavy (non-hydrogen) atoms. The second-order valence-electron chi connectivity index (χ2n) is 7.95. The number of aromatic nitrogens is 2. The zero-order chi connectivity index (χ0) is 20.9. The monoisotopic (exact) mass is 427 g/mol. The molecule has 0 N–H and O–H groups in total. The Morgan fingerprint density at radius 3 is 2.48 bits per heavy atom. The van der Waals surface area contributed by atoms with E-state index in [2.05, 4.69) is 10.1 Å². The van der Waals surface area contributed by atoms with Crippen molar-refractivity contribution in [2.75, 3.05) is 33.2 Å². The molecule has 1 aromatic rings. The van der Waals surface area contributed by atoms with Crippen molar-refractivity contribution in [2.24, 2.45) is 0 Å². The highest BCUT2D eigenvalue weighted by molar-refractivity contribution is 7.86. The molecule has 0 bridgehead atoms. The van der Waals surface area contributed by atoms with Crippen LogP contribution in [-0.2, 0) is 27.8 Å². The third-order valence-corrected chi connectivity index (χ3v) is 7.95. The van der Waals surface area contributed by atoms with Crippen molar-refractivity contribution >= 4 is 16.1 Å². The number of carbonyl (C=O) groups is 1. The van der Waals surface area contributed by atoms with Crippen molar-refractivity contribution in [3.8, 4) is 0 Å². The van der Waals surface area contributed by atoms with Crippen molar-refractivity contribution in [2.45, 2.75) is 70.8 Å². The zero-order valence-corrected chi connectivity index (χ0v) is 18.4. The lowest BCUT2D eigenvalue weighted by Gasteiger charge is -2.38. The molecule has 0 radical (unpaired) electrons. The molecule has 3 rings (SSSR count). The summed E-state index contributed by atoms with van der Waals surface area (Å²) in [4.78, 5) is 18.5. The quantitative estimate of drug-likeness (QED) is 0.625. The molecule has 1 aliphatic heterocycles. The molecular formula is C19H33N5O4S. The summed E-state index contributed by atoms with van der Waals surface area (Å²) in [6.45, 7) is 3.56. The van der Waals surface area contributed by atoms with Gasteiger partial charge in [0.1, 0.15) is 0 Å². The van der Waals surface area contributed by atoms with Crippen LogP contribution in [0.25, 0.3) is 0 Å². The summed E-state index contributed by atoms with van der Waals surface area (Å²) in [6, 6.07) is 0.0976. The lowest BCUT2D eigenvalue weighted by Crippen LogP contribution is -2.55. The average molecular weight is 428 g/mol. The number of nitrogens with zero attached hydrogens (tertiary/aromatic N) is 5. The molecule has 9 nitrogen and oxygen atoms in total. The molecule has 2 fully saturated rings. The van der Waals surface area contributed by atoms with Crippen LogP contribution in [0.15, 0.2) is 4.52 Å². The van der Waals surface area contributed by atoms with Crippen LogP contribution < -0.4 is 0 Å². The van der Waals surface area contributed by atoms with E-state index in [0.717, 1.165) is 38.5 Å². The van der Waals surface area contributed by atoms with Gasteiger partial charge < -0.3 is 9.42 Å². The zero-order valence-electron chi connectivity index (χ0n) is 17.5. The molecule has 2 aliphatic rings. The van der Waals surface area contributed by atoms with E-state index in [1.54, 1.807) is 16.3 Å². The largest absolute Gasteiger partial charge is 0.340 e. The lowest BCUT2D eigenvalue weighted by molar-refractivity contribution is -0.132. The van der Waals surface area contributed by atoms with Crippen LogP contribution in [0.3, 0.4) is 0 Å².